The Labute approximate surface area is 137 Å². The molecule has 0 atom stereocenters. The number of nitrogens with one attached hydrogen (secondary N) is 1. The number of carbonyl (C=O) groups is 1. The number of nitrogens with zero attached hydrogens (tertiary/aromatic N) is 4. The van der Waals surface area contributed by atoms with Crippen LogP contribution in [0.2, 0.25) is 0 Å². The van der Waals surface area contributed by atoms with Crippen LogP contribution in [0.15, 0.2) is 6.33 Å². The Morgan fingerprint density at radius 2 is 2.09 bits per heavy atom. The van der Waals surface area contributed by atoms with Gasteiger partial charge in [0.2, 0.25) is 5.91 Å². The predicted octanol–water partition coefficient (Wildman–Crippen LogP) is 1.07. The van der Waals surface area contributed by atoms with Gasteiger partial charge in [-0.1, -0.05) is 6.92 Å². The van der Waals surface area contributed by atoms with Crippen molar-refractivity contribution < 1.29 is 9.18 Å². The molecule has 0 radical (unpaired) electrons. The maximum Gasteiger partial charge on any atom is 0.223 e. The van der Waals surface area contributed by atoms with E-state index in [0.717, 1.165) is 19.4 Å². The number of halogens is 1. The molecule has 1 aromatic rings. The summed E-state index contributed by atoms with van der Waals surface area (Å²) in [6.07, 6.45) is 3.40. The molecule has 1 saturated heterocycles. The van der Waals surface area contributed by atoms with Gasteiger partial charge in [0.05, 0.1) is 5.69 Å². The van der Waals surface area contributed by atoms with Crippen molar-refractivity contribution in [2.75, 3.05) is 45.2 Å². The molecule has 1 amide bonds. The van der Waals surface area contributed by atoms with Gasteiger partial charge in [0.25, 0.3) is 0 Å². The number of rotatable bonds is 6. The summed E-state index contributed by atoms with van der Waals surface area (Å²) in [5, 5.41) is 2.97. The van der Waals surface area contributed by atoms with Crippen LogP contribution < -0.4 is 10.2 Å². The second-order valence-corrected chi connectivity index (χ2v) is 6.17. The number of aromatic nitrogens is 2. The fourth-order valence-electron chi connectivity index (χ4n) is 2.76. The topological polar surface area (TPSA) is 61.4 Å². The molecule has 0 aliphatic carbocycles. The quantitative estimate of drug-likeness (QED) is 0.849. The van der Waals surface area contributed by atoms with Crippen molar-refractivity contribution in [2.45, 2.75) is 26.2 Å². The predicted molar refractivity (Wildman–Crippen MR) is 87.9 cm³/mol. The van der Waals surface area contributed by atoms with Gasteiger partial charge >= 0.3 is 0 Å². The van der Waals surface area contributed by atoms with Crippen LogP contribution in [0.25, 0.3) is 0 Å². The molecule has 1 aliphatic rings. The molecule has 1 N–H and O–H groups in total. The van der Waals surface area contributed by atoms with Crippen LogP contribution >= 0.6 is 0 Å². The molecular formula is C16H26FN5O. The van der Waals surface area contributed by atoms with Crippen LogP contribution in [0.1, 0.15) is 25.5 Å². The molecule has 0 saturated carbocycles. The van der Waals surface area contributed by atoms with Gasteiger partial charge in [0.15, 0.2) is 11.6 Å². The third-order valence-electron chi connectivity index (χ3n) is 4.20. The Bertz CT molecular complexity index is 529. The van der Waals surface area contributed by atoms with Crippen LogP contribution in [-0.4, -0.2) is 61.0 Å². The second kappa shape index (κ2) is 8.19. The maximum absolute atomic E-state index is 14.3. The first-order valence-electron chi connectivity index (χ1n) is 8.19. The second-order valence-electron chi connectivity index (χ2n) is 6.17. The standard InChI is InChI=1S/C16H26FN5O/c1-4-13-14(17)15(20-11-19-13)22-8-5-12(6-9-22)16(23)18-7-10-21(2)3/h11-12H,4-10H2,1-3H3,(H,18,23). The highest BCUT2D eigenvalue weighted by Gasteiger charge is 2.27. The van der Waals surface area contributed by atoms with Crippen LogP contribution in [0.3, 0.4) is 0 Å². The van der Waals surface area contributed by atoms with Gasteiger partial charge in [-0.15, -0.1) is 0 Å². The van der Waals surface area contributed by atoms with Gasteiger partial charge in [-0.3, -0.25) is 4.79 Å². The smallest absolute Gasteiger partial charge is 0.223 e. The van der Waals surface area contributed by atoms with Crippen molar-refractivity contribution in [3.8, 4) is 0 Å². The summed E-state index contributed by atoms with van der Waals surface area (Å²) in [6, 6.07) is 0. The van der Waals surface area contributed by atoms with Crippen molar-refractivity contribution >= 4 is 11.7 Å². The number of carbonyl (C=O) groups excluding carboxylic acids is 1. The van der Waals surface area contributed by atoms with E-state index in [-0.39, 0.29) is 17.6 Å². The monoisotopic (exact) mass is 323 g/mol. The number of likely N-dealkylation sites (N-methyl/N-ethyl adjacent to an activating group) is 1. The summed E-state index contributed by atoms with van der Waals surface area (Å²) in [5.74, 6) is 0.139. The lowest BCUT2D eigenvalue weighted by molar-refractivity contribution is -0.125. The summed E-state index contributed by atoms with van der Waals surface area (Å²) in [5.41, 5.74) is 0.443. The minimum Gasteiger partial charge on any atom is -0.355 e. The molecule has 6 nitrogen and oxygen atoms in total. The lowest BCUT2D eigenvalue weighted by atomic mass is 9.96. The highest BCUT2D eigenvalue weighted by atomic mass is 19.1. The van der Waals surface area contributed by atoms with E-state index >= 15 is 0 Å². The molecule has 0 spiro atoms. The molecule has 7 heteroatoms. The molecule has 128 valence electrons. The Morgan fingerprint density at radius 3 is 2.70 bits per heavy atom. The van der Waals surface area contributed by atoms with Gasteiger partial charge in [0.1, 0.15) is 6.33 Å². The van der Waals surface area contributed by atoms with Crippen molar-refractivity contribution in [1.82, 2.24) is 20.2 Å². The molecule has 1 aromatic heterocycles. The average molecular weight is 323 g/mol. The van der Waals surface area contributed by atoms with E-state index in [0.29, 0.717) is 37.6 Å². The fourth-order valence-corrected chi connectivity index (χ4v) is 2.76. The summed E-state index contributed by atoms with van der Waals surface area (Å²) >= 11 is 0. The van der Waals surface area contributed by atoms with Crippen molar-refractivity contribution in [3.63, 3.8) is 0 Å². The van der Waals surface area contributed by atoms with E-state index in [2.05, 4.69) is 15.3 Å². The molecule has 2 heterocycles. The Hall–Kier alpha value is -1.76. The van der Waals surface area contributed by atoms with E-state index in [9.17, 15) is 9.18 Å². The minimum atomic E-state index is -0.330. The number of hydrogen-bond donors (Lipinski definition) is 1. The largest absolute Gasteiger partial charge is 0.355 e. The Morgan fingerprint density at radius 1 is 1.39 bits per heavy atom. The normalized spacial score (nSPS) is 16.0. The van der Waals surface area contributed by atoms with Crippen LogP contribution in [0, 0.1) is 11.7 Å². The molecular weight excluding hydrogens is 297 g/mol. The molecule has 0 aromatic carbocycles. The van der Waals surface area contributed by atoms with E-state index < -0.39 is 0 Å². The number of amides is 1. The summed E-state index contributed by atoms with van der Waals surface area (Å²) in [7, 11) is 3.96. The number of anilines is 1. The first-order valence-corrected chi connectivity index (χ1v) is 8.19. The van der Waals surface area contributed by atoms with Gasteiger partial charge < -0.3 is 15.1 Å². The van der Waals surface area contributed by atoms with Crippen molar-refractivity contribution in [3.05, 3.63) is 17.8 Å². The van der Waals surface area contributed by atoms with E-state index in [1.165, 1.54) is 6.33 Å². The number of hydrogen-bond acceptors (Lipinski definition) is 5. The van der Waals surface area contributed by atoms with Crippen molar-refractivity contribution in [2.24, 2.45) is 5.92 Å². The van der Waals surface area contributed by atoms with E-state index in [1.807, 2.05) is 30.8 Å². The molecule has 0 bridgehead atoms. The molecule has 23 heavy (non-hydrogen) atoms. The SMILES string of the molecule is CCc1ncnc(N2CCC(C(=O)NCCN(C)C)CC2)c1F. The van der Waals surface area contributed by atoms with E-state index in [4.69, 9.17) is 0 Å². The third-order valence-corrected chi connectivity index (χ3v) is 4.20. The highest BCUT2D eigenvalue weighted by molar-refractivity contribution is 5.78. The number of piperidine rings is 1. The fraction of sp³-hybridized carbons (Fsp3) is 0.688. The Kier molecular flexibility index (Phi) is 6.27. The van der Waals surface area contributed by atoms with Crippen LogP contribution in [-0.2, 0) is 11.2 Å². The molecule has 2 rings (SSSR count). The van der Waals surface area contributed by atoms with Gasteiger partial charge in [-0.25, -0.2) is 14.4 Å². The summed E-state index contributed by atoms with van der Waals surface area (Å²) in [4.78, 5) is 24.1. The molecule has 1 fully saturated rings. The number of aryl methyl sites for hydroxylation is 1. The highest BCUT2D eigenvalue weighted by Crippen LogP contribution is 2.24. The first kappa shape index (κ1) is 17.6. The average Bonchev–Trinajstić information content (AvgIpc) is 2.55. The summed E-state index contributed by atoms with van der Waals surface area (Å²) in [6.45, 7) is 4.65. The summed E-state index contributed by atoms with van der Waals surface area (Å²) < 4.78 is 14.3. The molecule has 1 aliphatic heterocycles. The zero-order valence-electron chi connectivity index (χ0n) is 14.2. The van der Waals surface area contributed by atoms with Gasteiger partial charge in [-0.2, -0.15) is 0 Å². The minimum absolute atomic E-state index is 0.00366. The lowest BCUT2D eigenvalue weighted by Gasteiger charge is -2.32. The van der Waals surface area contributed by atoms with Crippen LogP contribution in [0.5, 0.6) is 0 Å². The van der Waals surface area contributed by atoms with Gasteiger partial charge in [0, 0.05) is 32.1 Å². The maximum atomic E-state index is 14.3. The lowest BCUT2D eigenvalue weighted by Crippen LogP contribution is -2.42. The van der Waals surface area contributed by atoms with Gasteiger partial charge in [-0.05, 0) is 33.4 Å². The van der Waals surface area contributed by atoms with Crippen molar-refractivity contribution in [1.29, 1.82) is 0 Å². The first-order chi connectivity index (χ1) is 11.0. The zero-order valence-corrected chi connectivity index (χ0v) is 14.2. The van der Waals surface area contributed by atoms with E-state index in [1.54, 1.807) is 0 Å². The molecule has 0 unspecified atom stereocenters. The Balaban J connectivity index is 1.87. The third kappa shape index (κ3) is 4.60. The van der Waals surface area contributed by atoms with Crippen LogP contribution in [0.4, 0.5) is 10.2 Å². The zero-order chi connectivity index (χ0) is 16.8.